The molecule has 1 N–H and O–H groups in total. The number of ketones is 1. The lowest BCUT2D eigenvalue weighted by Gasteiger charge is -2.25. The average Bonchev–Trinajstić information content (AvgIpc) is 3.22. The van der Waals surface area contributed by atoms with Crippen LogP contribution >= 0.6 is 0 Å². The number of hydrogen-bond acceptors (Lipinski definition) is 6. The van der Waals surface area contributed by atoms with E-state index in [0.717, 1.165) is 5.56 Å². The smallest absolute Gasteiger partial charge is 0.295 e. The Morgan fingerprint density at radius 3 is 2.41 bits per heavy atom. The second-order valence-corrected chi connectivity index (χ2v) is 8.90. The Labute approximate surface area is 226 Å². The molecule has 39 heavy (non-hydrogen) atoms. The molecule has 2 heterocycles. The third kappa shape index (κ3) is 5.57. The van der Waals surface area contributed by atoms with E-state index < -0.39 is 17.7 Å². The molecule has 1 saturated heterocycles. The number of aromatic nitrogens is 1. The normalized spacial score (nSPS) is 16.2. The number of nitrogens with zero attached hydrogens (tertiary/aromatic N) is 2. The monoisotopic (exact) mass is 518 g/mol. The van der Waals surface area contributed by atoms with Crippen molar-refractivity contribution in [2.75, 3.05) is 6.61 Å². The van der Waals surface area contributed by atoms with Gasteiger partial charge in [0.15, 0.2) is 0 Å². The summed E-state index contributed by atoms with van der Waals surface area (Å²) < 4.78 is 11.5. The second-order valence-electron chi connectivity index (χ2n) is 8.90. The quantitative estimate of drug-likeness (QED) is 0.125. The van der Waals surface area contributed by atoms with Crippen LogP contribution in [0.25, 0.3) is 5.76 Å². The second kappa shape index (κ2) is 11.5. The number of aliphatic hydroxyl groups is 1. The van der Waals surface area contributed by atoms with Crippen molar-refractivity contribution in [3.05, 3.63) is 138 Å². The fourth-order valence-corrected chi connectivity index (χ4v) is 4.47. The van der Waals surface area contributed by atoms with Crippen LogP contribution in [-0.2, 0) is 16.1 Å². The SMILES string of the molecule is C=CCOc1ccc(C(O)=C2C(=O)C(=O)N(Cc3cccnc3)[C@@H]2c2cccc(Oc3ccccc3)c2)cc1. The first-order valence-electron chi connectivity index (χ1n) is 12.4. The number of likely N-dealkylation sites (tertiary alicyclic amines) is 1. The highest BCUT2D eigenvalue weighted by atomic mass is 16.5. The fourth-order valence-electron chi connectivity index (χ4n) is 4.47. The molecule has 5 rings (SSSR count). The summed E-state index contributed by atoms with van der Waals surface area (Å²) in [5.74, 6) is 0.0446. The molecule has 0 saturated carbocycles. The summed E-state index contributed by atoms with van der Waals surface area (Å²) in [6.07, 6.45) is 4.92. The summed E-state index contributed by atoms with van der Waals surface area (Å²) in [5.41, 5.74) is 1.77. The van der Waals surface area contributed by atoms with E-state index >= 15 is 0 Å². The lowest BCUT2D eigenvalue weighted by atomic mass is 9.95. The van der Waals surface area contributed by atoms with Crippen LogP contribution in [0.15, 0.2) is 122 Å². The zero-order chi connectivity index (χ0) is 27.2. The Bertz CT molecular complexity index is 1520. The zero-order valence-electron chi connectivity index (χ0n) is 21.1. The van der Waals surface area contributed by atoms with Gasteiger partial charge in [-0.3, -0.25) is 14.6 Å². The summed E-state index contributed by atoms with van der Waals surface area (Å²) in [7, 11) is 0. The number of benzene rings is 3. The molecule has 0 radical (unpaired) electrons. The molecular weight excluding hydrogens is 492 g/mol. The molecule has 7 heteroatoms. The number of rotatable bonds is 9. The number of Topliss-reactive ketones (excluding diaryl/α,β-unsaturated/α-hetero) is 1. The van der Waals surface area contributed by atoms with Gasteiger partial charge >= 0.3 is 0 Å². The first kappa shape index (κ1) is 25.5. The van der Waals surface area contributed by atoms with E-state index in [9.17, 15) is 14.7 Å². The van der Waals surface area contributed by atoms with Gasteiger partial charge in [-0.05, 0) is 65.7 Å². The van der Waals surface area contributed by atoms with Crippen LogP contribution in [0, 0.1) is 0 Å². The van der Waals surface area contributed by atoms with Gasteiger partial charge in [-0.1, -0.05) is 49.1 Å². The van der Waals surface area contributed by atoms with Gasteiger partial charge in [0.1, 0.15) is 29.6 Å². The molecule has 7 nitrogen and oxygen atoms in total. The molecule has 1 fully saturated rings. The van der Waals surface area contributed by atoms with Gasteiger partial charge < -0.3 is 19.5 Å². The molecule has 1 aromatic heterocycles. The molecule has 194 valence electrons. The number of hydrogen-bond donors (Lipinski definition) is 1. The molecule has 1 atom stereocenters. The van der Waals surface area contributed by atoms with Gasteiger partial charge in [0.2, 0.25) is 0 Å². The van der Waals surface area contributed by atoms with Crippen LogP contribution in [0.3, 0.4) is 0 Å². The highest BCUT2D eigenvalue weighted by Crippen LogP contribution is 2.41. The van der Waals surface area contributed by atoms with Gasteiger partial charge in [-0.15, -0.1) is 0 Å². The third-order valence-electron chi connectivity index (χ3n) is 6.26. The topological polar surface area (TPSA) is 89.0 Å². The molecule has 3 aromatic carbocycles. The molecular formula is C32H26N2O5. The standard InChI is InChI=1S/C32H26N2O5/c1-2-18-38-25-15-13-23(14-16-25)30(35)28-29(34(32(37)31(28)36)21-22-8-7-17-33-20-22)24-9-6-12-27(19-24)39-26-10-4-3-5-11-26/h2-17,19-20,29,35H,1,18,21H2/t29-/m1/s1. The van der Waals surface area contributed by atoms with E-state index in [0.29, 0.717) is 35.0 Å². The number of amides is 1. The summed E-state index contributed by atoms with van der Waals surface area (Å²) in [6.45, 7) is 4.11. The predicted octanol–water partition coefficient (Wildman–Crippen LogP) is 6.06. The van der Waals surface area contributed by atoms with Crippen LogP contribution < -0.4 is 9.47 Å². The minimum Gasteiger partial charge on any atom is -0.507 e. The highest BCUT2D eigenvalue weighted by molar-refractivity contribution is 6.46. The maximum Gasteiger partial charge on any atom is 0.295 e. The molecule has 4 aromatic rings. The number of pyridine rings is 1. The van der Waals surface area contributed by atoms with Gasteiger partial charge in [0.05, 0.1) is 11.6 Å². The van der Waals surface area contributed by atoms with Crippen molar-refractivity contribution in [3.8, 4) is 17.2 Å². The van der Waals surface area contributed by atoms with E-state index in [-0.39, 0.29) is 17.9 Å². The Kier molecular flexibility index (Phi) is 7.50. The lowest BCUT2D eigenvalue weighted by Crippen LogP contribution is -2.29. The first-order chi connectivity index (χ1) is 19.0. The van der Waals surface area contributed by atoms with Crippen molar-refractivity contribution in [1.29, 1.82) is 0 Å². The maximum atomic E-state index is 13.4. The van der Waals surface area contributed by atoms with Crippen molar-refractivity contribution >= 4 is 17.4 Å². The van der Waals surface area contributed by atoms with E-state index in [1.54, 1.807) is 67.0 Å². The predicted molar refractivity (Wildman–Crippen MR) is 147 cm³/mol. The molecule has 0 bridgehead atoms. The summed E-state index contributed by atoms with van der Waals surface area (Å²) >= 11 is 0. The van der Waals surface area contributed by atoms with Crippen LogP contribution in [0.5, 0.6) is 17.2 Å². The number of ether oxygens (including phenoxy) is 2. The summed E-state index contributed by atoms with van der Waals surface area (Å²) in [5, 5.41) is 11.4. The van der Waals surface area contributed by atoms with Crippen molar-refractivity contribution in [3.63, 3.8) is 0 Å². The van der Waals surface area contributed by atoms with Crippen molar-refractivity contribution in [2.45, 2.75) is 12.6 Å². The van der Waals surface area contributed by atoms with Gasteiger partial charge in [-0.2, -0.15) is 0 Å². The van der Waals surface area contributed by atoms with Gasteiger partial charge in [0, 0.05) is 24.5 Å². The number of aliphatic hydroxyl groups excluding tert-OH is 1. The fraction of sp³-hybridized carbons (Fsp3) is 0.0938. The first-order valence-corrected chi connectivity index (χ1v) is 12.4. The highest BCUT2D eigenvalue weighted by Gasteiger charge is 2.46. The van der Waals surface area contributed by atoms with E-state index in [4.69, 9.17) is 9.47 Å². The van der Waals surface area contributed by atoms with Crippen molar-refractivity contribution in [2.24, 2.45) is 0 Å². The van der Waals surface area contributed by atoms with Gasteiger partial charge in [0.25, 0.3) is 11.7 Å². The molecule has 0 aliphatic carbocycles. The number of carbonyl (C=O) groups excluding carboxylic acids is 2. The zero-order valence-corrected chi connectivity index (χ0v) is 21.1. The van der Waals surface area contributed by atoms with Crippen LogP contribution in [-0.4, -0.2) is 33.3 Å². The van der Waals surface area contributed by atoms with Crippen LogP contribution in [0.4, 0.5) is 0 Å². The Morgan fingerprint density at radius 2 is 1.69 bits per heavy atom. The van der Waals surface area contributed by atoms with Crippen LogP contribution in [0.1, 0.15) is 22.7 Å². The molecule has 1 aliphatic rings. The summed E-state index contributed by atoms with van der Waals surface area (Å²) in [6, 6.07) is 25.9. The third-order valence-corrected chi connectivity index (χ3v) is 6.26. The Hall–Kier alpha value is -5.17. The molecule has 0 spiro atoms. The Morgan fingerprint density at radius 1 is 0.923 bits per heavy atom. The minimum absolute atomic E-state index is 0.000473. The molecule has 0 unspecified atom stereocenters. The Balaban J connectivity index is 1.57. The van der Waals surface area contributed by atoms with Crippen LogP contribution in [0.2, 0.25) is 0 Å². The van der Waals surface area contributed by atoms with Crippen molar-refractivity contribution in [1.82, 2.24) is 9.88 Å². The summed E-state index contributed by atoms with van der Waals surface area (Å²) in [4.78, 5) is 32.3. The largest absolute Gasteiger partial charge is 0.507 e. The minimum atomic E-state index is -0.846. The number of carbonyl (C=O) groups is 2. The van der Waals surface area contributed by atoms with E-state index in [2.05, 4.69) is 11.6 Å². The lowest BCUT2D eigenvalue weighted by molar-refractivity contribution is -0.140. The molecule has 1 amide bonds. The van der Waals surface area contributed by atoms with Gasteiger partial charge in [-0.25, -0.2) is 0 Å². The van der Waals surface area contributed by atoms with E-state index in [1.165, 1.54) is 4.90 Å². The maximum absolute atomic E-state index is 13.4. The molecule has 1 aliphatic heterocycles. The van der Waals surface area contributed by atoms with Crippen molar-refractivity contribution < 1.29 is 24.2 Å². The van der Waals surface area contributed by atoms with E-state index in [1.807, 2.05) is 42.5 Å². The number of para-hydroxylation sites is 1. The average molecular weight is 519 g/mol.